The first kappa shape index (κ1) is 10.5. The molecular weight excluding hydrogens is 288 g/mol. The molecule has 1 aromatic heterocycles. The number of aryl methyl sites for hydroxylation is 1. The number of nitrogens with two attached hydrogens (primary N) is 1. The summed E-state index contributed by atoms with van der Waals surface area (Å²) in [6, 6.07) is 3.59. The van der Waals surface area contributed by atoms with Gasteiger partial charge in [0.1, 0.15) is 5.69 Å². The summed E-state index contributed by atoms with van der Waals surface area (Å²) in [5.74, 6) is 1.70. The van der Waals surface area contributed by atoms with E-state index in [1.54, 1.807) is 6.07 Å². The lowest BCUT2D eigenvalue weighted by Crippen LogP contribution is -1.93. The molecule has 2 N–H and O–H groups in total. The lowest BCUT2D eigenvalue weighted by atomic mass is 10.0. The molecule has 1 aliphatic rings. The van der Waals surface area contributed by atoms with Crippen LogP contribution in [-0.2, 0) is 0 Å². The zero-order valence-electron chi connectivity index (χ0n) is 8.99. The Morgan fingerprint density at radius 2 is 2.18 bits per heavy atom. The molecular formula is C11H9BrN2O3. The van der Waals surface area contributed by atoms with Crippen molar-refractivity contribution in [3.8, 4) is 22.8 Å². The summed E-state index contributed by atoms with van der Waals surface area (Å²) in [7, 11) is 0. The number of halogens is 1. The fraction of sp³-hybridized carbons (Fsp3) is 0.182. The number of benzene rings is 1. The van der Waals surface area contributed by atoms with Gasteiger partial charge in [0, 0.05) is 11.6 Å². The summed E-state index contributed by atoms with van der Waals surface area (Å²) in [6.07, 6.45) is 0. The van der Waals surface area contributed by atoms with Crippen LogP contribution < -0.4 is 15.2 Å². The minimum atomic E-state index is 0.234. The number of rotatable bonds is 1. The van der Waals surface area contributed by atoms with Crippen molar-refractivity contribution in [3.05, 3.63) is 22.2 Å². The van der Waals surface area contributed by atoms with Crippen LogP contribution in [0.5, 0.6) is 11.5 Å². The molecule has 1 aromatic carbocycles. The Balaban J connectivity index is 2.23. The zero-order valence-corrected chi connectivity index (χ0v) is 10.6. The smallest absolute Gasteiger partial charge is 0.231 e. The van der Waals surface area contributed by atoms with E-state index in [1.165, 1.54) is 0 Å². The van der Waals surface area contributed by atoms with Crippen LogP contribution in [-0.4, -0.2) is 11.9 Å². The van der Waals surface area contributed by atoms with Crippen LogP contribution in [0.15, 0.2) is 21.1 Å². The molecule has 3 rings (SSSR count). The molecule has 0 bridgehead atoms. The van der Waals surface area contributed by atoms with Crippen LogP contribution in [0.4, 0.5) is 5.88 Å². The van der Waals surface area contributed by atoms with Crippen molar-refractivity contribution in [1.82, 2.24) is 5.16 Å². The van der Waals surface area contributed by atoms with E-state index in [1.807, 2.05) is 13.0 Å². The summed E-state index contributed by atoms with van der Waals surface area (Å²) in [4.78, 5) is 0. The third kappa shape index (κ3) is 1.56. The molecule has 0 amide bonds. The summed E-state index contributed by atoms with van der Waals surface area (Å²) in [5.41, 5.74) is 8.11. The quantitative estimate of drug-likeness (QED) is 0.876. The minimum absolute atomic E-state index is 0.234. The van der Waals surface area contributed by atoms with E-state index in [0.29, 0.717) is 11.4 Å². The fourth-order valence-electron chi connectivity index (χ4n) is 1.84. The van der Waals surface area contributed by atoms with Gasteiger partial charge in [-0.2, -0.15) is 0 Å². The Labute approximate surface area is 106 Å². The van der Waals surface area contributed by atoms with Gasteiger partial charge in [-0.15, -0.1) is 0 Å². The van der Waals surface area contributed by atoms with Gasteiger partial charge in [0.25, 0.3) is 0 Å². The van der Waals surface area contributed by atoms with Gasteiger partial charge < -0.3 is 19.7 Å². The summed E-state index contributed by atoms with van der Waals surface area (Å²) in [5, 5.41) is 3.91. The van der Waals surface area contributed by atoms with Crippen molar-refractivity contribution >= 4 is 21.8 Å². The Kier molecular flexibility index (Phi) is 2.25. The van der Waals surface area contributed by atoms with Crippen LogP contribution in [0.3, 0.4) is 0 Å². The summed E-state index contributed by atoms with van der Waals surface area (Å²) in [6.45, 7) is 2.20. The predicted molar refractivity (Wildman–Crippen MR) is 64.9 cm³/mol. The molecule has 17 heavy (non-hydrogen) atoms. The second-order valence-corrected chi connectivity index (χ2v) is 4.52. The van der Waals surface area contributed by atoms with Crippen molar-refractivity contribution in [1.29, 1.82) is 0 Å². The number of nitrogens with zero attached hydrogens (tertiary/aromatic N) is 1. The number of nitrogen functional groups attached to an aromatic ring is 1. The standard InChI is InChI=1S/C11H9BrN2O3/c1-5-2-7-11(16-4-15-7)10(12)9(5)6-3-8(13)17-14-6/h2-3H,4,13H2,1H3. The molecule has 0 radical (unpaired) electrons. The van der Waals surface area contributed by atoms with Gasteiger partial charge in [-0.05, 0) is 34.5 Å². The van der Waals surface area contributed by atoms with Crippen molar-refractivity contribution in [3.63, 3.8) is 0 Å². The number of anilines is 1. The molecule has 0 aliphatic carbocycles. The Morgan fingerprint density at radius 3 is 2.88 bits per heavy atom. The highest BCUT2D eigenvalue weighted by atomic mass is 79.9. The van der Waals surface area contributed by atoms with E-state index in [4.69, 9.17) is 19.7 Å². The first-order chi connectivity index (χ1) is 8.16. The van der Waals surface area contributed by atoms with E-state index in [9.17, 15) is 0 Å². The Morgan fingerprint density at radius 1 is 1.35 bits per heavy atom. The number of fused-ring (bicyclic) bond motifs is 1. The van der Waals surface area contributed by atoms with Crippen molar-refractivity contribution < 1.29 is 14.0 Å². The number of aromatic nitrogens is 1. The Hall–Kier alpha value is -1.69. The monoisotopic (exact) mass is 296 g/mol. The van der Waals surface area contributed by atoms with E-state index >= 15 is 0 Å². The van der Waals surface area contributed by atoms with Gasteiger partial charge in [-0.1, -0.05) is 5.16 Å². The fourth-order valence-corrected chi connectivity index (χ4v) is 2.67. The first-order valence-electron chi connectivity index (χ1n) is 4.98. The highest BCUT2D eigenvalue weighted by molar-refractivity contribution is 9.10. The predicted octanol–water partition coefficient (Wildman–Crippen LogP) is 2.72. The van der Waals surface area contributed by atoms with Gasteiger partial charge in [0.15, 0.2) is 11.5 Å². The normalized spacial score (nSPS) is 13.1. The van der Waals surface area contributed by atoms with Gasteiger partial charge in [-0.3, -0.25) is 0 Å². The van der Waals surface area contributed by atoms with E-state index in [-0.39, 0.29) is 12.7 Å². The SMILES string of the molecule is Cc1cc2c(c(Br)c1-c1cc(N)on1)OCO2. The molecule has 1 aliphatic heterocycles. The molecule has 0 saturated carbocycles. The topological polar surface area (TPSA) is 70.5 Å². The maximum atomic E-state index is 5.53. The van der Waals surface area contributed by atoms with Crippen LogP contribution in [0, 0.1) is 6.92 Å². The van der Waals surface area contributed by atoms with Gasteiger partial charge in [0.2, 0.25) is 12.7 Å². The third-order valence-electron chi connectivity index (χ3n) is 2.59. The van der Waals surface area contributed by atoms with Crippen LogP contribution in [0.1, 0.15) is 5.56 Å². The molecule has 5 nitrogen and oxygen atoms in total. The second kappa shape index (κ2) is 3.66. The van der Waals surface area contributed by atoms with Crippen LogP contribution in [0.2, 0.25) is 0 Å². The van der Waals surface area contributed by atoms with Crippen molar-refractivity contribution in [2.24, 2.45) is 0 Å². The maximum Gasteiger partial charge on any atom is 0.231 e. The largest absolute Gasteiger partial charge is 0.454 e. The van der Waals surface area contributed by atoms with Gasteiger partial charge in [0.05, 0.1) is 4.47 Å². The molecule has 6 heteroatoms. The minimum Gasteiger partial charge on any atom is -0.454 e. The second-order valence-electron chi connectivity index (χ2n) is 3.73. The highest BCUT2D eigenvalue weighted by Crippen LogP contribution is 2.46. The average Bonchev–Trinajstić information content (AvgIpc) is 2.87. The Bertz CT molecular complexity index is 595. The molecule has 2 aromatic rings. The highest BCUT2D eigenvalue weighted by Gasteiger charge is 2.23. The number of hydrogen-bond donors (Lipinski definition) is 1. The van der Waals surface area contributed by atoms with Gasteiger partial charge in [-0.25, -0.2) is 0 Å². The molecule has 0 atom stereocenters. The average molecular weight is 297 g/mol. The maximum absolute atomic E-state index is 5.53. The molecule has 88 valence electrons. The lowest BCUT2D eigenvalue weighted by molar-refractivity contribution is 0.173. The number of hydrogen-bond acceptors (Lipinski definition) is 5. The van der Waals surface area contributed by atoms with Crippen molar-refractivity contribution in [2.45, 2.75) is 6.92 Å². The lowest BCUT2D eigenvalue weighted by Gasteiger charge is -2.08. The molecule has 0 spiro atoms. The van der Waals surface area contributed by atoms with E-state index < -0.39 is 0 Å². The molecule has 0 fully saturated rings. The summed E-state index contributed by atoms with van der Waals surface area (Å²) < 4.78 is 16.4. The molecule has 2 heterocycles. The van der Waals surface area contributed by atoms with E-state index in [0.717, 1.165) is 21.3 Å². The first-order valence-corrected chi connectivity index (χ1v) is 5.77. The number of ether oxygens (including phenoxy) is 2. The third-order valence-corrected chi connectivity index (χ3v) is 3.34. The van der Waals surface area contributed by atoms with E-state index in [2.05, 4.69) is 21.1 Å². The zero-order chi connectivity index (χ0) is 12.0. The van der Waals surface area contributed by atoms with Gasteiger partial charge >= 0.3 is 0 Å². The molecule has 0 saturated heterocycles. The van der Waals surface area contributed by atoms with Crippen LogP contribution >= 0.6 is 15.9 Å². The van der Waals surface area contributed by atoms with Crippen LogP contribution in [0.25, 0.3) is 11.3 Å². The summed E-state index contributed by atoms with van der Waals surface area (Å²) >= 11 is 3.50. The molecule has 0 unspecified atom stereocenters. The van der Waals surface area contributed by atoms with Crippen molar-refractivity contribution in [2.75, 3.05) is 12.5 Å².